The molecular weight excluding hydrogens is 526 g/mol. The highest BCUT2D eigenvalue weighted by Crippen LogP contribution is 2.40. The highest BCUT2D eigenvalue weighted by molar-refractivity contribution is 7.07. The predicted octanol–water partition coefficient (Wildman–Crippen LogP) is 3.73. The van der Waals surface area contributed by atoms with Crippen LogP contribution in [0.3, 0.4) is 0 Å². The van der Waals surface area contributed by atoms with Gasteiger partial charge in [-0.1, -0.05) is 59.9 Å². The molecule has 2 aliphatic heterocycles. The van der Waals surface area contributed by atoms with E-state index in [-0.39, 0.29) is 19.0 Å². The maximum Gasteiger partial charge on any atom is 0.338 e. The van der Waals surface area contributed by atoms with Crippen LogP contribution in [0, 0.1) is 0 Å². The number of rotatable bonds is 6. The minimum atomic E-state index is -0.779. The van der Waals surface area contributed by atoms with Crippen LogP contribution in [-0.4, -0.2) is 38.0 Å². The lowest BCUT2D eigenvalue weighted by Gasteiger charge is -2.26. The van der Waals surface area contributed by atoms with Crippen LogP contribution in [0.4, 0.5) is 5.69 Å². The average Bonchev–Trinajstić information content (AvgIpc) is 3.56. The van der Waals surface area contributed by atoms with Crippen LogP contribution in [0.15, 0.2) is 88.2 Å². The number of hydrogen-bond acceptors (Lipinski definition) is 8. The van der Waals surface area contributed by atoms with Gasteiger partial charge in [-0.2, -0.15) is 0 Å². The molecule has 3 aromatic carbocycles. The monoisotopic (exact) mass is 553 g/mol. The summed E-state index contributed by atoms with van der Waals surface area (Å²) in [7, 11) is 3.96. The number of thiazole rings is 1. The van der Waals surface area contributed by atoms with E-state index in [2.05, 4.69) is 0 Å². The molecule has 3 heterocycles. The van der Waals surface area contributed by atoms with Crippen LogP contribution in [0.5, 0.6) is 11.5 Å². The Morgan fingerprint density at radius 2 is 1.82 bits per heavy atom. The molecule has 0 amide bonds. The summed E-state index contributed by atoms with van der Waals surface area (Å²) in [5.41, 5.74) is 3.94. The van der Waals surface area contributed by atoms with Gasteiger partial charge in [0.05, 0.1) is 28.5 Å². The first-order chi connectivity index (χ1) is 19.4. The zero-order chi connectivity index (χ0) is 27.8. The van der Waals surface area contributed by atoms with E-state index in [1.807, 2.05) is 91.8 Å². The van der Waals surface area contributed by atoms with Gasteiger partial charge in [0, 0.05) is 25.3 Å². The number of nitrogens with zero attached hydrogens (tertiary/aromatic N) is 3. The van der Waals surface area contributed by atoms with Gasteiger partial charge in [-0.15, -0.1) is 0 Å². The topological polar surface area (TPSA) is 82.4 Å². The molecule has 0 bridgehead atoms. The standard InChI is InChI=1S/C31H27N3O5S/c1-4-37-30(36)26-27(20-8-6-5-7-9-20)32-31-34(28(26)21-12-15-23-24(17-21)39-18-38-23)29(35)25(40-31)16-19-10-13-22(14-11-19)33(2)3/h5-17,28H,4,18H2,1-3H3/b25-16-. The molecule has 4 aromatic rings. The van der Waals surface area contributed by atoms with Crippen molar-refractivity contribution in [2.24, 2.45) is 4.99 Å². The van der Waals surface area contributed by atoms with Crippen molar-refractivity contribution in [3.05, 3.63) is 115 Å². The Labute approximate surface area is 234 Å². The fourth-order valence-electron chi connectivity index (χ4n) is 4.86. The van der Waals surface area contributed by atoms with Crippen LogP contribution >= 0.6 is 11.3 Å². The summed E-state index contributed by atoms with van der Waals surface area (Å²) in [5.74, 6) is 0.644. The van der Waals surface area contributed by atoms with Crippen molar-refractivity contribution in [3.63, 3.8) is 0 Å². The Bertz CT molecular complexity index is 1800. The second-order valence-corrected chi connectivity index (χ2v) is 10.5. The van der Waals surface area contributed by atoms with Crippen molar-refractivity contribution in [2.75, 3.05) is 32.4 Å². The fourth-order valence-corrected chi connectivity index (χ4v) is 5.86. The number of aromatic nitrogens is 1. The van der Waals surface area contributed by atoms with Crippen LogP contribution in [-0.2, 0) is 9.53 Å². The Hall–Kier alpha value is -4.63. The van der Waals surface area contributed by atoms with E-state index in [0.717, 1.165) is 16.8 Å². The third kappa shape index (κ3) is 4.58. The van der Waals surface area contributed by atoms with E-state index < -0.39 is 12.0 Å². The molecule has 0 fully saturated rings. The molecule has 1 unspecified atom stereocenters. The van der Waals surface area contributed by atoms with Crippen molar-refractivity contribution in [1.82, 2.24) is 4.57 Å². The van der Waals surface area contributed by atoms with Crippen LogP contribution in [0.2, 0.25) is 0 Å². The number of ether oxygens (including phenoxy) is 3. The summed E-state index contributed by atoms with van der Waals surface area (Å²) in [6.07, 6.45) is 1.86. The zero-order valence-corrected chi connectivity index (χ0v) is 23.1. The van der Waals surface area contributed by atoms with E-state index in [0.29, 0.717) is 37.7 Å². The first kappa shape index (κ1) is 25.6. The number of fused-ring (bicyclic) bond motifs is 2. The van der Waals surface area contributed by atoms with Crippen molar-refractivity contribution in [2.45, 2.75) is 13.0 Å². The van der Waals surface area contributed by atoms with Gasteiger partial charge in [0.2, 0.25) is 6.79 Å². The number of esters is 1. The summed E-state index contributed by atoms with van der Waals surface area (Å²) in [6.45, 7) is 2.06. The molecule has 0 aliphatic carbocycles. The van der Waals surface area contributed by atoms with Gasteiger partial charge in [-0.3, -0.25) is 9.36 Å². The first-order valence-electron chi connectivity index (χ1n) is 12.9. The maximum atomic E-state index is 14.0. The minimum Gasteiger partial charge on any atom is -0.463 e. The molecule has 0 spiro atoms. The minimum absolute atomic E-state index is 0.115. The number of carbonyl (C=O) groups excluding carboxylic acids is 1. The van der Waals surface area contributed by atoms with Gasteiger partial charge in [-0.05, 0) is 48.4 Å². The molecule has 202 valence electrons. The van der Waals surface area contributed by atoms with Crippen molar-refractivity contribution in [3.8, 4) is 11.5 Å². The number of hydrogen-bond donors (Lipinski definition) is 0. The molecule has 0 saturated heterocycles. The Morgan fingerprint density at radius 3 is 2.55 bits per heavy atom. The highest BCUT2D eigenvalue weighted by atomic mass is 32.1. The third-order valence-electron chi connectivity index (χ3n) is 6.79. The second-order valence-electron chi connectivity index (χ2n) is 9.53. The molecule has 40 heavy (non-hydrogen) atoms. The van der Waals surface area contributed by atoms with E-state index in [1.165, 1.54) is 11.3 Å². The number of anilines is 1. The number of benzene rings is 3. The summed E-state index contributed by atoms with van der Waals surface area (Å²) < 4.78 is 18.8. The third-order valence-corrected chi connectivity index (χ3v) is 7.78. The SMILES string of the molecule is CCOC(=O)C1=C(c2ccccc2)N=c2s/c(=C\c3ccc(N(C)C)cc3)c(=O)n2C1c1ccc2c(c1)OCO2. The summed E-state index contributed by atoms with van der Waals surface area (Å²) in [4.78, 5) is 35.0. The van der Waals surface area contributed by atoms with Crippen molar-refractivity contribution < 1.29 is 19.0 Å². The lowest BCUT2D eigenvalue weighted by molar-refractivity contribution is -0.138. The normalized spacial score (nSPS) is 16.0. The molecular formula is C31H27N3O5S. The summed E-state index contributed by atoms with van der Waals surface area (Å²) in [6, 6.07) is 22.1. The average molecular weight is 554 g/mol. The highest BCUT2D eigenvalue weighted by Gasteiger charge is 2.36. The fraction of sp³-hybridized carbons (Fsp3) is 0.194. The molecule has 8 nitrogen and oxygen atoms in total. The van der Waals surface area contributed by atoms with Gasteiger partial charge in [0.15, 0.2) is 16.3 Å². The molecule has 9 heteroatoms. The first-order valence-corrected chi connectivity index (χ1v) is 13.7. The summed E-state index contributed by atoms with van der Waals surface area (Å²) >= 11 is 1.29. The van der Waals surface area contributed by atoms with E-state index in [4.69, 9.17) is 19.2 Å². The van der Waals surface area contributed by atoms with Crippen LogP contribution in [0.1, 0.15) is 29.7 Å². The molecule has 1 aromatic heterocycles. The lowest BCUT2D eigenvalue weighted by Crippen LogP contribution is -2.40. The van der Waals surface area contributed by atoms with Crippen molar-refractivity contribution >= 4 is 34.8 Å². The molecule has 0 radical (unpaired) electrons. The van der Waals surface area contributed by atoms with Gasteiger partial charge in [-0.25, -0.2) is 9.79 Å². The quantitative estimate of drug-likeness (QED) is 0.339. The molecule has 0 saturated carbocycles. The Morgan fingerprint density at radius 1 is 1.07 bits per heavy atom. The molecule has 6 rings (SSSR count). The van der Waals surface area contributed by atoms with Crippen LogP contribution < -0.4 is 29.3 Å². The molecule has 2 aliphatic rings. The second kappa shape index (κ2) is 10.5. The van der Waals surface area contributed by atoms with Gasteiger partial charge in [0.1, 0.15) is 0 Å². The smallest absolute Gasteiger partial charge is 0.338 e. The zero-order valence-electron chi connectivity index (χ0n) is 22.3. The largest absolute Gasteiger partial charge is 0.463 e. The predicted molar refractivity (Wildman–Crippen MR) is 154 cm³/mol. The summed E-state index contributed by atoms with van der Waals surface area (Å²) in [5, 5.41) is 0. The van der Waals surface area contributed by atoms with Crippen molar-refractivity contribution in [1.29, 1.82) is 0 Å². The van der Waals surface area contributed by atoms with Gasteiger partial charge in [0.25, 0.3) is 5.56 Å². The van der Waals surface area contributed by atoms with Gasteiger partial charge >= 0.3 is 5.97 Å². The van der Waals surface area contributed by atoms with E-state index >= 15 is 0 Å². The molecule has 0 N–H and O–H groups in total. The lowest BCUT2D eigenvalue weighted by atomic mass is 9.93. The number of carbonyl (C=O) groups is 1. The van der Waals surface area contributed by atoms with E-state index in [1.54, 1.807) is 17.6 Å². The Kier molecular flexibility index (Phi) is 6.73. The Balaban J connectivity index is 1.61. The van der Waals surface area contributed by atoms with E-state index in [9.17, 15) is 9.59 Å². The van der Waals surface area contributed by atoms with Gasteiger partial charge < -0.3 is 19.1 Å². The van der Waals surface area contributed by atoms with Crippen LogP contribution in [0.25, 0.3) is 11.8 Å². The molecule has 1 atom stereocenters. The maximum absolute atomic E-state index is 14.0.